The van der Waals surface area contributed by atoms with E-state index in [0.29, 0.717) is 24.9 Å². The first-order chi connectivity index (χ1) is 9.54. The summed E-state index contributed by atoms with van der Waals surface area (Å²) in [5.41, 5.74) is 0. The maximum Gasteiger partial charge on any atom is 0.276 e. The van der Waals surface area contributed by atoms with Crippen LogP contribution in [0.25, 0.3) is 0 Å². The second-order valence-electron chi connectivity index (χ2n) is 5.41. The molecular formula is C14H24N2O3S. The topological polar surface area (TPSA) is 62.6 Å². The molecule has 0 saturated heterocycles. The van der Waals surface area contributed by atoms with Gasteiger partial charge >= 0.3 is 0 Å². The molecule has 0 aromatic carbocycles. The molecule has 0 amide bonds. The van der Waals surface area contributed by atoms with E-state index < -0.39 is 10.0 Å². The summed E-state index contributed by atoms with van der Waals surface area (Å²) < 4.78 is 31.4. The number of furan rings is 1. The van der Waals surface area contributed by atoms with Crippen molar-refractivity contribution in [2.24, 2.45) is 0 Å². The van der Waals surface area contributed by atoms with Crippen molar-refractivity contribution in [2.75, 3.05) is 13.6 Å². The SMILES string of the molecule is CCCCCN(C)S(=O)(=O)c1ccc(CNC2CC2)o1. The van der Waals surface area contributed by atoms with Gasteiger partial charge in [0.25, 0.3) is 10.0 Å². The molecule has 2 rings (SSSR count). The second kappa shape index (κ2) is 6.74. The quantitative estimate of drug-likeness (QED) is 0.711. The molecule has 0 radical (unpaired) electrons. The highest BCUT2D eigenvalue weighted by molar-refractivity contribution is 7.89. The van der Waals surface area contributed by atoms with Crippen LogP contribution in [0.1, 0.15) is 44.8 Å². The number of nitrogens with one attached hydrogen (secondary N) is 1. The van der Waals surface area contributed by atoms with Crippen LogP contribution in [0.5, 0.6) is 0 Å². The van der Waals surface area contributed by atoms with Crippen LogP contribution in [-0.4, -0.2) is 32.4 Å². The zero-order valence-corrected chi connectivity index (χ0v) is 13.1. The summed E-state index contributed by atoms with van der Waals surface area (Å²) in [5.74, 6) is 0.678. The van der Waals surface area contributed by atoms with Crippen LogP contribution >= 0.6 is 0 Å². The molecule has 1 N–H and O–H groups in total. The minimum Gasteiger partial charge on any atom is -0.447 e. The van der Waals surface area contributed by atoms with Crippen LogP contribution in [-0.2, 0) is 16.6 Å². The lowest BCUT2D eigenvalue weighted by molar-refractivity contribution is 0.377. The fraction of sp³-hybridized carbons (Fsp3) is 0.714. The van der Waals surface area contributed by atoms with Crippen molar-refractivity contribution in [1.82, 2.24) is 9.62 Å². The summed E-state index contributed by atoms with van der Waals surface area (Å²) >= 11 is 0. The summed E-state index contributed by atoms with van der Waals surface area (Å²) in [7, 11) is -1.88. The molecule has 114 valence electrons. The van der Waals surface area contributed by atoms with Gasteiger partial charge in [-0.25, -0.2) is 8.42 Å². The van der Waals surface area contributed by atoms with E-state index in [0.717, 1.165) is 19.3 Å². The third kappa shape index (κ3) is 4.07. The molecule has 20 heavy (non-hydrogen) atoms. The number of rotatable bonds is 9. The van der Waals surface area contributed by atoms with Crippen LogP contribution < -0.4 is 5.32 Å². The van der Waals surface area contributed by atoms with E-state index in [9.17, 15) is 8.42 Å². The molecule has 0 bridgehead atoms. The molecule has 5 nitrogen and oxygen atoms in total. The Hall–Kier alpha value is -0.850. The number of unbranched alkanes of at least 4 members (excludes halogenated alkanes) is 2. The van der Waals surface area contributed by atoms with Crippen LogP contribution in [0.15, 0.2) is 21.6 Å². The molecule has 1 aliphatic rings. The van der Waals surface area contributed by atoms with Crippen molar-refractivity contribution in [2.45, 2.75) is 56.7 Å². The number of sulfonamides is 1. The van der Waals surface area contributed by atoms with Gasteiger partial charge in [-0.2, -0.15) is 4.31 Å². The number of hydrogen-bond donors (Lipinski definition) is 1. The van der Waals surface area contributed by atoms with E-state index in [4.69, 9.17) is 4.42 Å². The Morgan fingerprint density at radius 1 is 1.35 bits per heavy atom. The lowest BCUT2D eigenvalue weighted by atomic mass is 10.2. The maximum atomic E-state index is 12.3. The predicted octanol–water partition coefficient (Wildman–Crippen LogP) is 2.34. The normalized spacial score (nSPS) is 15.9. The van der Waals surface area contributed by atoms with E-state index in [1.807, 2.05) is 0 Å². The van der Waals surface area contributed by atoms with E-state index in [1.165, 1.54) is 17.1 Å². The highest BCUT2D eigenvalue weighted by atomic mass is 32.2. The molecule has 1 heterocycles. The molecule has 0 spiro atoms. The number of nitrogens with zero attached hydrogens (tertiary/aromatic N) is 1. The third-order valence-electron chi connectivity index (χ3n) is 3.52. The Morgan fingerprint density at radius 3 is 2.75 bits per heavy atom. The minimum absolute atomic E-state index is 0.0455. The largest absolute Gasteiger partial charge is 0.447 e. The Balaban J connectivity index is 1.93. The van der Waals surface area contributed by atoms with E-state index in [1.54, 1.807) is 19.2 Å². The summed E-state index contributed by atoms with van der Waals surface area (Å²) in [6, 6.07) is 3.87. The average Bonchev–Trinajstić information content (AvgIpc) is 3.12. The minimum atomic E-state index is -3.48. The zero-order chi connectivity index (χ0) is 14.6. The van der Waals surface area contributed by atoms with Gasteiger partial charge < -0.3 is 9.73 Å². The highest BCUT2D eigenvalue weighted by Crippen LogP contribution is 2.21. The smallest absolute Gasteiger partial charge is 0.276 e. The summed E-state index contributed by atoms with van der Waals surface area (Å²) in [5, 5.41) is 3.35. The van der Waals surface area contributed by atoms with E-state index in [-0.39, 0.29) is 5.09 Å². The lowest BCUT2D eigenvalue weighted by Gasteiger charge is -2.14. The van der Waals surface area contributed by atoms with E-state index >= 15 is 0 Å². The first-order valence-electron chi connectivity index (χ1n) is 7.32. The molecule has 1 aromatic heterocycles. The highest BCUT2D eigenvalue weighted by Gasteiger charge is 2.25. The van der Waals surface area contributed by atoms with Crippen LogP contribution in [0.4, 0.5) is 0 Å². The fourth-order valence-electron chi connectivity index (χ4n) is 1.98. The average molecular weight is 300 g/mol. The Kier molecular flexibility index (Phi) is 5.23. The molecule has 6 heteroatoms. The summed E-state index contributed by atoms with van der Waals surface area (Å²) in [6.45, 7) is 3.23. The van der Waals surface area contributed by atoms with Gasteiger partial charge in [0, 0.05) is 19.6 Å². The van der Waals surface area contributed by atoms with Gasteiger partial charge in [-0.1, -0.05) is 19.8 Å². The van der Waals surface area contributed by atoms with Gasteiger partial charge in [0.15, 0.2) is 0 Å². The Labute approximate surface area is 121 Å². The lowest BCUT2D eigenvalue weighted by Crippen LogP contribution is -2.27. The van der Waals surface area contributed by atoms with Crippen LogP contribution in [0.2, 0.25) is 0 Å². The van der Waals surface area contributed by atoms with Crippen molar-refractivity contribution in [3.8, 4) is 0 Å². The zero-order valence-electron chi connectivity index (χ0n) is 12.3. The molecule has 1 aromatic rings. The standard InChI is InChI=1S/C14H24N2O3S/c1-3-4-5-10-16(2)20(17,18)14-9-8-13(19-14)11-15-12-6-7-12/h8-9,12,15H,3-7,10-11H2,1-2H3. The molecular weight excluding hydrogens is 276 g/mol. The maximum absolute atomic E-state index is 12.3. The Morgan fingerprint density at radius 2 is 2.10 bits per heavy atom. The van der Waals surface area contributed by atoms with Crippen molar-refractivity contribution in [1.29, 1.82) is 0 Å². The van der Waals surface area contributed by atoms with Crippen molar-refractivity contribution < 1.29 is 12.8 Å². The van der Waals surface area contributed by atoms with Gasteiger partial charge in [0.05, 0.1) is 6.54 Å². The molecule has 1 saturated carbocycles. The Bertz CT molecular complexity index is 520. The first kappa shape index (κ1) is 15.5. The van der Waals surface area contributed by atoms with Gasteiger partial charge in [0.2, 0.25) is 5.09 Å². The molecule has 0 unspecified atom stereocenters. The van der Waals surface area contributed by atoms with Gasteiger partial charge in [-0.3, -0.25) is 0 Å². The molecule has 1 aliphatic carbocycles. The summed E-state index contributed by atoms with van der Waals surface area (Å²) in [6.07, 6.45) is 5.39. The molecule has 0 atom stereocenters. The number of hydrogen-bond acceptors (Lipinski definition) is 4. The van der Waals surface area contributed by atoms with Gasteiger partial charge in [-0.05, 0) is 31.4 Å². The first-order valence-corrected chi connectivity index (χ1v) is 8.76. The summed E-state index contributed by atoms with van der Waals surface area (Å²) in [4.78, 5) is 0. The predicted molar refractivity (Wildman–Crippen MR) is 77.9 cm³/mol. The van der Waals surface area contributed by atoms with Crippen molar-refractivity contribution >= 4 is 10.0 Å². The molecule has 1 fully saturated rings. The van der Waals surface area contributed by atoms with Crippen LogP contribution in [0.3, 0.4) is 0 Å². The van der Waals surface area contributed by atoms with Crippen molar-refractivity contribution in [3.05, 3.63) is 17.9 Å². The molecule has 0 aliphatic heterocycles. The van der Waals surface area contributed by atoms with E-state index in [2.05, 4.69) is 12.2 Å². The fourth-order valence-corrected chi connectivity index (χ4v) is 3.11. The second-order valence-corrected chi connectivity index (χ2v) is 7.39. The van der Waals surface area contributed by atoms with Crippen LogP contribution in [0, 0.1) is 0 Å². The third-order valence-corrected chi connectivity index (χ3v) is 5.25. The van der Waals surface area contributed by atoms with Gasteiger partial charge in [-0.15, -0.1) is 0 Å². The van der Waals surface area contributed by atoms with Gasteiger partial charge in [0.1, 0.15) is 5.76 Å². The van der Waals surface area contributed by atoms with Crippen molar-refractivity contribution in [3.63, 3.8) is 0 Å². The monoisotopic (exact) mass is 300 g/mol.